The molecule has 21 heavy (non-hydrogen) atoms. The average Bonchev–Trinajstić information content (AvgIpc) is 2.91. The minimum absolute atomic E-state index is 0.439. The van der Waals surface area contributed by atoms with Crippen LogP contribution in [0.2, 0.25) is 0 Å². The van der Waals surface area contributed by atoms with Gasteiger partial charge in [0.1, 0.15) is 0 Å². The van der Waals surface area contributed by atoms with E-state index in [1.54, 1.807) is 15.6 Å². The zero-order valence-corrected chi connectivity index (χ0v) is 14.5. The molecule has 1 aromatic rings. The monoisotopic (exact) mass is 330 g/mol. The summed E-state index contributed by atoms with van der Waals surface area (Å²) in [6, 6.07) is 2.62. The van der Waals surface area contributed by atoms with E-state index in [2.05, 4.69) is 29.1 Å². The molecule has 0 saturated carbocycles. The van der Waals surface area contributed by atoms with Crippen LogP contribution in [0.15, 0.2) is 16.8 Å². The first-order valence-electron chi connectivity index (χ1n) is 7.68. The van der Waals surface area contributed by atoms with Crippen molar-refractivity contribution in [2.75, 3.05) is 25.9 Å². The number of hydrogen-bond donors (Lipinski definition) is 1. The lowest BCUT2D eigenvalue weighted by Gasteiger charge is -2.33. The lowest BCUT2D eigenvalue weighted by Crippen LogP contribution is -2.42. The number of nitrogens with zero attached hydrogens (tertiary/aromatic N) is 1. The molecule has 1 fully saturated rings. The molecule has 0 amide bonds. The molecule has 1 aromatic heterocycles. The summed E-state index contributed by atoms with van der Waals surface area (Å²) in [4.78, 5) is 0. The van der Waals surface area contributed by atoms with Gasteiger partial charge in [0.15, 0.2) is 0 Å². The molecule has 0 aliphatic carbocycles. The largest absolute Gasteiger partial charge is 0.314 e. The SMILES string of the molecule is CCNC(Cc1ccsc1)CC1CCCN(S(C)(=O)=O)C1. The lowest BCUT2D eigenvalue weighted by molar-refractivity contribution is 0.237. The maximum absolute atomic E-state index is 11.7. The number of rotatable bonds is 7. The van der Waals surface area contributed by atoms with Crippen LogP contribution in [0, 0.1) is 5.92 Å². The molecule has 4 nitrogen and oxygen atoms in total. The molecule has 2 heterocycles. The molecule has 0 aromatic carbocycles. The number of sulfonamides is 1. The molecule has 0 bridgehead atoms. The van der Waals surface area contributed by atoms with E-state index in [1.165, 1.54) is 11.8 Å². The summed E-state index contributed by atoms with van der Waals surface area (Å²) in [5.41, 5.74) is 1.38. The van der Waals surface area contributed by atoms with Crippen LogP contribution < -0.4 is 5.32 Å². The van der Waals surface area contributed by atoms with Crippen molar-refractivity contribution in [2.24, 2.45) is 5.92 Å². The van der Waals surface area contributed by atoms with E-state index >= 15 is 0 Å². The Labute approximate surface area is 132 Å². The molecule has 0 spiro atoms. The predicted octanol–water partition coefficient (Wildman–Crippen LogP) is 2.33. The van der Waals surface area contributed by atoms with Crippen molar-refractivity contribution in [1.82, 2.24) is 9.62 Å². The lowest BCUT2D eigenvalue weighted by atomic mass is 9.90. The normalized spacial score (nSPS) is 22.3. The Bertz CT molecular complexity index is 514. The third kappa shape index (κ3) is 5.36. The molecule has 2 rings (SSSR count). The fraction of sp³-hybridized carbons (Fsp3) is 0.733. The average molecular weight is 331 g/mol. The minimum atomic E-state index is -3.04. The highest BCUT2D eigenvalue weighted by atomic mass is 32.2. The van der Waals surface area contributed by atoms with Gasteiger partial charge in [-0.25, -0.2) is 12.7 Å². The van der Waals surface area contributed by atoms with Crippen molar-refractivity contribution < 1.29 is 8.42 Å². The third-order valence-corrected chi connectivity index (χ3v) is 6.13. The van der Waals surface area contributed by atoms with Gasteiger partial charge in [0, 0.05) is 19.1 Å². The second kappa shape index (κ2) is 7.72. The quantitative estimate of drug-likeness (QED) is 0.835. The van der Waals surface area contributed by atoms with E-state index in [0.717, 1.165) is 32.2 Å². The fourth-order valence-corrected chi connectivity index (χ4v) is 4.77. The smallest absolute Gasteiger partial charge is 0.211 e. The van der Waals surface area contributed by atoms with Gasteiger partial charge in [0.25, 0.3) is 0 Å². The Balaban J connectivity index is 1.93. The molecule has 1 saturated heterocycles. The van der Waals surface area contributed by atoms with Gasteiger partial charge in [-0.05, 0) is 60.5 Å². The Hall–Kier alpha value is -0.430. The summed E-state index contributed by atoms with van der Waals surface area (Å²) in [6.45, 7) is 4.46. The Morgan fingerprint density at radius 2 is 2.33 bits per heavy atom. The molecule has 2 unspecified atom stereocenters. The maximum Gasteiger partial charge on any atom is 0.211 e. The molecule has 120 valence electrons. The first-order chi connectivity index (χ1) is 9.99. The molecule has 6 heteroatoms. The van der Waals surface area contributed by atoms with Crippen LogP contribution >= 0.6 is 11.3 Å². The van der Waals surface area contributed by atoms with Crippen molar-refractivity contribution >= 4 is 21.4 Å². The number of piperidine rings is 1. The van der Waals surface area contributed by atoms with Crippen molar-refractivity contribution in [3.8, 4) is 0 Å². The van der Waals surface area contributed by atoms with E-state index in [-0.39, 0.29) is 0 Å². The van der Waals surface area contributed by atoms with E-state index in [4.69, 9.17) is 0 Å². The fourth-order valence-electron chi connectivity index (χ4n) is 3.14. The minimum Gasteiger partial charge on any atom is -0.314 e. The standard InChI is InChI=1S/C15H26N2O2S2/c1-3-16-15(10-14-6-8-20-12-14)9-13-5-4-7-17(11-13)21(2,18)19/h6,8,12-13,15-16H,3-5,7,9-11H2,1-2H3. The summed E-state index contributed by atoms with van der Waals surface area (Å²) in [5, 5.41) is 7.88. The summed E-state index contributed by atoms with van der Waals surface area (Å²) in [6.07, 6.45) is 5.53. The first-order valence-corrected chi connectivity index (χ1v) is 10.5. The van der Waals surface area contributed by atoms with E-state index < -0.39 is 10.0 Å². The van der Waals surface area contributed by atoms with E-state index in [0.29, 0.717) is 25.0 Å². The topological polar surface area (TPSA) is 49.4 Å². The van der Waals surface area contributed by atoms with Crippen LogP contribution in [0.4, 0.5) is 0 Å². The zero-order chi connectivity index (χ0) is 15.3. The van der Waals surface area contributed by atoms with Gasteiger partial charge < -0.3 is 5.32 Å². The molecule has 0 radical (unpaired) electrons. The highest BCUT2D eigenvalue weighted by Crippen LogP contribution is 2.24. The number of thiophene rings is 1. The molecular weight excluding hydrogens is 304 g/mol. The van der Waals surface area contributed by atoms with Crippen molar-refractivity contribution in [2.45, 2.75) is 38.6 Å². The summed E-state index contributed by atoms with van der Waals surface area (Å²) >= 11 is 1.73. The van der Waals surface area contributed by atoms with Gasteiger partial charge >= 0.3 is 0 Å². The summed E-state index contributed by atoms with van der Waals surface area (Å²) in [5.74, 6) is 0.469. The molecule has 1 aliphatic rings. The first kappa shape index (κ1) is 16.9. The summed E-state index contributed by atoms with van der Waals surface area (Å²) in [7, 11) is -3.04. The Kier molecular flexibility index (Phi) is 6.22. The van der Waals surface area contributed by atoms with Crippen LogP contribution in [0.3, 0.4) is 0 Å². The van der Waals surface area contributed by atoms with Gasteiger partial charge in [-0.1, -0.05) is 6.92 Å². The third-order valence-electron chi connectivity index (χ3n) is 4.12. The van der Waals surface area contributed by atoms with Crippen molar-refractivity contribution in [3.63, 3.8) is 0 Å². The number of hydrogen-bond acceptors (Lipinski definition) is 4. The van der Waals surface area contributed by atoms with E-state index in [9.17, 15) is 8.42 Å². The van der Waals surface area contributed by atoms with Crippen LogP contribution in [0.25, 0.3) is 0 Å². The van der Waals surface area contributed by atoms with Crippen LogP contribution in [0.5, 0.6) is 0 Å². The van der Waals surface area contributed by atoms with E-state index in [1.807, 2.05) is 0 Å². The van der Waals surface area contributed by atoms with Gasteiger partial charge in [-0.15, -0.1) is 0 Å². The molecule has 1 N–H and O–H groups in total. The molecule has 1 aliphatic heterocycles. The van der Waals surface area contributed by atoms with Gasteiger partial charge in [-0.3, -0.25) is 0 Å². The maximum atomic E-state index is 11.7. The highest BCUT2D eigenvalue weighted by molar-refractivity contribution is 7.88. The summed E-state index contributed by atoms with van der Waals surface area (Å²) < 4.78 is 25.1. The molecule has 2 atom stereocenters. The van der Waals surface area contributed by atoms with Crippen LogP contribution in [-0.2, 0) is 16.4 Å². The van der Waals surface area contributed by atoms with Gasteiger partial charge in [0.05, 0.1) is 6.26 Å². The van der Waals surface area contributed by atoms with Crippen molar-refractivity contribution in [1.29, 1.82) is 0 Å². The second-order valence-corrected chi connectivity index (χ2v) is 8.72. The highest BCUT2D eigenvalue weighted by Gasteiger charge is 2.27. The Morgan fingerprint density at radius 1 is 1.52 bits per heavy atom. The van der Waals surface area contributed by atoms with Crippen LogP contribution in [0.1, 0.15) is 31.7 Å². The van der Waals surface area contributed by atoms with Gasteiger partial charge in [0.2, 0.25) is 10.0 Å². The number of likely N-dealkylation sites (N-methyl/N-ethyl adjacent to an activating group) is 1. The zero-order valence-electron chi connectivity index (χ0n) is 12.9. The van der Waals surface area contributed by atoms with Crippen molar-refractivity contribution in [3.05, 3.63) is 22.4 Å². The number of nitrogens with one attached hydrogen (secondary N) is 1. The van der Waals surface area contributed by atoms with Crippen LogP contribution in [-0.4, -0.2) is 44.7 Å². The van der Waals surface area contributed by atoms with Gasteiger partial charge in [-0.2, -0.15) is 11.3 Å². The Morgan fingerprint density at radius 3 is 2.95 bits per heavy atom. The second-order valence-electron chi connectivity index (χ2n) is 5.96. The predicted molar refractivity (Wildman–Crippen MR) is 89.2 cm³/mol. The molecular formula is C15H26N2O2S2.